The fourth-order valence-corrected chi connectivity index (χ4v) is 2.81. The molecule has 0 bridgehead atoms. The Hall–Kier alpha value is -1.72. The predicted molar refractivity (Wildman–Crippen MR) is 84.8 cm³/mol. The second kappa shape index (κ2) is 6.18. The first-order valence-corrected chi connectivity index (χ1v) is 7.29. The van der Waals surface area contributed by atoms with Crippen molar-refractivity contribution < 1.29 is 14.3 Å². The zero-order valence-corrected chi connectivity index (χ0v) is 14.2. The summed E-state index contributed by atoms with van der Waals surface area (Å²) in [7, 11) is 4.55. The Bertz CT molecular complexity index is 673. The molecule has 1 unspecified atom stereocenters. The van der Waals surface area contributed by atoms with Crippen molar-refractivity contribution in [2.75, 3.05) is 21.2 Å². The Labute approximate surface area is 139 Å². The van der Waals surface area contributed by atoms with Crippen molar-refractivity contribution in [1.82, 2.24) is 9.80 Å². The molecule has 118 valence electrons. The third-order valence-electron chi connectivity index (χ3n) is 3.81. The van der Waals surface area contributed by atoms with Gasteiger partial charge in [-0.25, -0.2) is 9.59 Å². The zero-order chi connectivity index (χ0) is 16.6. The number of likely N-dealkylation sites (N-methyl/N-ethyl adjacent to an activating group) is 1. The first kappa shape index (κ1) is 16.6. The Balaban J connectivity index is 2.65. The molecule has 0 radical (unpaired) electrons. The van der Waals surface area contributed by atoms with Gasteiger partial charge in [-0.05, 0) is 24.6 Å². The van der Waals surface area contributed by atoms with E-state index in [9.17, 15) is 9.59 Å². The second-order valence-corrected chi connectivity index (χ2v) is 5.83. The van der Waals surface area contributed by atoms with E-state index >= 15 is 0 Å². The highest BCUT2D eigenvalue weighted by Gasteiger charge is 2.39. The fourth-order valence-electron chi connectivity index (χ4n) is 2.50. The highest BCUT2D eigenvalue weighted by molar-refractivity contribution is 6.42. The van der Waals surface area contributed by atoms with Gasteiger partial charge in [0.2, 0.25) is 0 Å². The lowest BCUT2D eigenvalue weighted by Crippen LogP contribution is -2.47. The minimum Gasteiger partial charge on any atom is -0.466 e. The molecular formula is C15H16Cl2N2O3. The highest BCUT2D eigenvalue weighted by Crippen LogP contribution is 2.38. The van der Waals surface area contributed by atoms with Gasteiger partial charge >= 0.3 is 12.0 Å². The number of allylic oxidation sites excluding steroid dienone is 1. The Morgan fingerprint density at radius 2 is 1.86 bits per heavy atom. The molecule has 1 aliphatic rings. The summed E-state index contributed by atoms with van der Waals surface area (Å²) in [5.74, 6) is -0.486. The number of hydrogen-bond acceptors (Lipinski definition) is 3. The van der Waals surface area contributed by atoms with E-state index in [2.05, 4.69) is 0 Å². The lowest BCUT2D eigenvalue weighted by Gasteiger charge is -2.39. The summed E-state index contributed by atoms with van der Waals surface area (Å²) in [6.45, 7) is 1.71. The Kier molecular flexibility index (Phi) is 4.68. The van der Waals surface area contributed by atoms with Crippen LogP contribution < -0.4 is 0 Å². The molecule has 1 aliphatic heterocycles. The average Bonchev–Trinajstić information content (AvgIpc) is 2.50. The zero-order valence-electron chi connectivity index (χ0n) is 12.7. The molecule has 1 aromatic rings. The van der Waals surface area contributed by atoms with Crippen molar-refractivity contribution in [2.45, 2.75) is 13.0 Å². The number of halogens is 2. The monoisotopic (exact) mass is 342 g/mol. The van der Waals surface area contributed by atoms with Gasteiger partial charge in [0.25, 0.3) is 0 Å². The molecule has 1 atom stereocenters. The van der Waals surface area contributed by atoms with Crippen LogP contribution in [0, 0.1) is 0 Å². The van der Waals surface area contributed by atoms with Crippen LogP contribution in [0.3, 0.4) is 0 Å². The van der Waals surface area contributed by atoms with Crippen LogP contribution in [0.4, 0.5) is 4.79 Å². The van der Waals surface area contributed by atoms with E-state index in [1.54, 1.807) is 39.2 Å². The number of nitrogens with zero attached hydrogens (tertiary/aromatic N) is 2. The van der Waals surface area contributed by atoms with Gasteiger partial charge in [-0.15, -0.1) is 0 Å². The largest absolute Gasteiger partial charge is 0.466 e. The third-order valence-corrected chi connectivity index (χ3v) is 4.55. The molecule has 0 aromatic heterocycles. The highest BCUT2D eigenvalue weighted by atomic mass is 35.5. The number of carbonyl (C=O) groups excluding carboxylic acids is 2. The predicted octanol–water partition coefficient (Wildman–Crippen LogP) is 3.48. The molecule has 22 heavy (non-hydrogen) atoms. The van der Waals surface area contributed by atoms with Crippen molar-refractivity contribution in [2.24, 2.45) is 0 Å². The molecule has 0 saturated heterocycles. The third kappa shape index (κ3) is 2.66. The van der Waals surface area contributed by atoms with E-state index in [1.807, 2.05) is 0 Å². The standard InChI is InChI=1S/C15H16Cl2N2O3/c1-8-12(14(20)22-4)13(19(3)15(21)18(8)2)9-5-6-10(16)11(17)7-9/h5-7,13H,1-4H3. The van der Waals surface area contributed by atoms with E-state index in [-0.39, 0.29) is 6.03 Å². The summed E-state index contributed by atoms with van der Waals surface area (Å²) >= 11 is 12.0. The number of ether oxygens (including phenoxy) is 1. The molecule has 1 heterocycles. The molecule has 2 rings (SSSR count). The molecule has 0 fully saturated rings. The van der Waals surface area contributed by atoms with Crippen LogP contribution in [0.25, 0.3) is 0 Å². The van der Waals surface area contributed by atoms with Crippen molar-refractivity contribution >= 4 is 35.2 Å². The Morgan fingerprint density at radius 3 is 2.41 bits per heavy atom. The van der Waals surface area contributed by atoms with Crippen molar-refractivity contribution in [3.8, 4) is 0 Å². The van der Waals surface area contributed by atoms with Crippen LogP contribution in [-0.2, 0) is 9.53 Å². The minimum absolute atomic E-state index is 0.221. The van der Waals surface area contributed by atoms with Crippen LogP contribution >= 0.6 is 23.2 Å². The topological polar surface area (TPSA) is 49.9 Å². The van der Waals surface area contributed by atoms with Crippen LogP contribution in [-0.4, -0.2) is 43.0 Å². The SMILES string of the molecule is COC(=O)C1=C(C)N(C)C(=O)N(C)C1c1ccc(Cl)c(Cl)c1. The number of urea groups is 1. The number of hydrogen-bond donors (Lipinski definition) is 0. The molecule has 0 N–H and O–H groups in total. The molecule has 1 aromatic carbocycles. The van der Waals surface area contributed by atoms with Gasteiger partial charge in [0, 0.05) is 19.8 Å². The maximum absolute atomic E-state index is 12.3. The lowest BCUT2D eigenvalue weighted by molar-refractivity contribution is -0.137. The lowest BCUT2D eigenvalue weighted by atomic mass is 9.94. The van der Waals surface area contributed by atoms with Crippen LogP contribution in [0.2, 0.25) is 10.0 Å². The summed E-state index contributed by atoms with van der Waals surface area (Å²) in [5, 5.41) is 0.772. The van der Waals surface area contributed by atoms with Crippen LogP contribution in [0.15, 0.2) is 29.5 Å². The summed E-state index contributed by atoms with van der Waals surface area (Å²) in [4.78, 5) is 27.4. The van der Waals surface area contributed by atoms with Crippen molar-refractivity contribution in [1.29, 1.82) is 0 Å². The van der Waals surface area contributed by atoms with Gasteiger partial charge in [-0.3, -0.25) is 0 Å². The van der Waals surface area contributed by atoms with Crippen molar-refractivity contribution in [3.63, 3.8) is 0 Å². The molecule has 5 nitrogen and oxygen atoms in total. The van der Waals surface area contributed by atoms with E-state index in [0.717, 1.165) is 0 Å². The summed E-state index contributed by atoms with van der Waals surface area (Å²) < 4.78 is 4.88. The smallest absolute Gasteiger partial charge is 0.337 e. The summed E-state index contributed by atoms with van der Waals surface area (Å²) in [6, 6.07) is 4.23. The van der Waals surface area contributed by atoms with Gasteiger partial charge in [0.1, 0.15) is 0 Å². The van der Waals surface area contributed by atoms with Gasteiger partial charge in [0.15, 0.2) is 0 Å². The maximum Gasteiger partial charge on any atom is 0.337 e. The summed E-state index contributed by atoms with van der Waals surface area (Å²) in [5.41, 5.74) is 1.63. The van der Waals surface area contributed by atoms with E-state index in [1.165, 1.54) is 16.9 Å². The number of rotatable bonds is 2. The second-order valence-electron chi connectivity index (χ2n) is 5.02. The van der Waals surface area contributed by atoms with E-state index < -0.39 is 12.0 Å². The van der Waals surface area contributed by atoms with Gasteiger partial charge in [-0.1, -0.05) is 29.3 Å². The number of amides is 2. The normalized spacial score (nSPS) is 18.8. The maximum atomic E-state index is 12.3. The molecule has 2 amide bonds. The summed E-state index contributed by atoms with van der Waals surface area (Å²) in [6.07, 6.45) is 0. The average molecular weight is 343 g/mol. The number of esters is 1. The van der Waals surface area contributed by atoms with Crippen LogP contribution in [0.1, 0.15) is 18.5 Å². The molecule has 0 aliphatic carbocycles. The Morgan fingerprint density at radius 1 is 1.23 bits per heavy atom. The number of methoxy groups -OCH3 is 1. The molecular weight excluding hydrogens is 327 g/mol. The first-order chi connectivity index (χ1) is 10.3. The van der Waals surface area contributed by atoms with E-state index in [4.69, 9.17) is 27.9 Å². The van der Waals surface area contributed by atoms with Gasteiger partial charge < -0.3 is 14.5 Å². The fraction of sp³-hybridized carbons (Fsp3) is 0.333. The molecule has 7 heteroatoms. The van der Waals surface area contributed by atoms with Gasteiger partial charge in [0.05, 0.1) is 28.8 Å². The molecule has 0 saturated carbocycles. The van der Waals surface area contributed by atoms with Gasteiger partial charge in [-0.2, -0.15) is 0 Å². The van der Waals surface area contributed by atoms with E-state index in [0.29, 0.717) is 26.9 Å². The minimum atomic E-state index is -0.578. The number of carbonyl (C=O) groups is 2. The number of benzene rings is 1. The molecule has 0 spiro atoms. The van der Waals surface area contributed by atoms with Crippen molar-refractivity contribution in [3.05, 3.63) is 45.1 Å². The van der Waals surface area contributed by atoms with Crippen LogP contribution in [0.5, 0.6) is 0 Å². The quantitative estimate of drug-likeness (QED) is 0.773. The first-order valence-electron chi connectivity index (χ1n) is 6.54.